The molecule has 2 atom stereocenters. The first-order valence-electron chi connectivity index (χ1n) is 9.13. The molecule has 0 amide bonds. The van der Waals surface area contributed by atoms with Gasteiger partial charge in [-0.15, -0.1) is 0 Å². The van der Waals surface area contributed by atoms with Gasteiger partial charge < -0.3 is 4.74 Å². The molecule has 0 saturated heterocycles. The fraction of sp³-hybridized carbons (Fsp3) is 0.174. The maximum absolute atomic E-state index is 14.5. The van der Waals surface area contributed by atoms with Crippen molar-refractivity contribution >= 4 is 5.71 Å². The highest BCUT2D eigenvalue weighted by Crippen LogP contribution is 2.47. The molecule has 2 heterocycles. The van der Waals surface area contributed by atoms with Crippen molar-refractivity contribution in [3.05, 3.63) is 101 Å². The molecule has 3 aromatic carbocycles. The summed E-state index contributed by atoms with van der Waals surface area (Å²) in [5, 5.41) is 6.78. The molecule has 0 saturated carbocycles. The van der Waals surface area contributed by atoms with E-state index in [-0.39, 0.29) is 11.9 Å². The van der Waals surface area contributed by atoms with E-state index in [9.17, 15) is 4.39 Å². The lowest BCUT2D eigenvalue weighted by Crippen LogP contribution is -2.34. The molecule has 27 heavy (non-hydrogen) atoms. The number of benzene rings is 3. The van der Waals surface area contributed by atoms with Gasteiger partial charge in [-0.1, -0.05) is 66.2 Å². The van der Waals surface area contributed by atoms with Crippen LogP contribution in [0.15, 0.2) is 77.9 Å². The zero-order valence-electron chi connectivity index (χ0n) is 15.0. The van der Waals surface area contributed by atoms with Crippen molar-refractivity contribution in [2.24, 2.45) is 5.10 Å². The number of fused-ring (bicyclic) bond motifs is 3. The van der Waals surface area contributed by atoms with Gasteiger partial charge in [0.25, 0.3) is 0 Å². The monoisotopic (exact) mass is 358 g/mol. The van der Waals surface area contributed by atoms with Crippen LogP contribution in [0.1, 0.15) is 40.9 Å². The van der Waals surface area contributed by atoms with Crippen LogP contribution in [0.25, 0.3) is 0 Å². The number of para-hydroxylation sites is 1. The molecule has 2 aliphatic rings. The summed E-state index contributed by atoms with van der Waals surface area (Å²) in [7, 11) is 0. The summed E-state index contributed by atoms with van der Waals surface area (Å²) < 4.78 is 20.7. The molecular formula is C23H19FN2O. The SMILES string of the molecule is Cc1ccc(C2=NN3[C@@H](c4ccccc4F)Oc4ccccc4[C@@H]3C2)cc1. The third kappa shape index (κ3) is 2.69. The summed E-state index contributed by atoms with van der Waals surface area (Å²) in [4.78, 5) is 0. The van der Waals surface area contributed by atoms with E-state index in [4.69, 9.17) is 9.84 Å². The number of nitrogens with zero attached hydrogens (tertiary/aromatic N) is 2. The molecule has 3 aromatic rings. The van der Waals surface area contributed by atoms with Gasteiger partial charge in [0.2, 0.25) is 6.23 Å². The van der Waals surface area contributed by atoms with E-state index >= 15 is 0 Å². The predicted molar refractivity (Wildman–Crippen MR) is 103 cm³/mol. The number of hydrogen-bond acceptors (Lipinski definition) is 3. The second-order valence-corrected chi connectivity index (χ2v) is 7.04. The quantitative estimate of drug-likeness (QED) is 0.615. The molecule has 0 aliphatic carbocycles. The van der Waals surface area contributed by atoms with Crippen LogP contribution < -0.4 is 4.74 Å². The van der Waals surface area contributed by atoms with Gasteiger partial charge >= 0.3 is 0 Å². The average molecular weight is 358 g/mol. The highest BCUT2D eigenvalue weighted by atomic mass is 19.1. The van der Waals surface area contributed by atoms with Crippen molar-refractivity contribution in [1.29, 1.82) is 0 Å². The van der Waals surface area contributed by atoms with Crippen molar-refractivity contribution in [2.75, 3.05) is 0 Å². The van der Waals surface area contributed by atoms with Crippen molar-refractivity contribution < 1.29 is 9.13 Å². The molecule has 0 N–H and O–H groups in total. The largest absolute Gasteiger partial charge is 0.464 e. The lowest BCUT2D eigenvalue weighted by molar-refractivity contribution is -0.0212. The highest BCUT2D eigenvalue weighted by molar-refractivity contribution is 6.02. The summed E-state index contributed by atoms with van der Waals surface area (Å²) >= 11 is 0. The van der Waals surface area contributed by atoms with Crippen LogP contribution in [0.4, 0.5) is 4.39 Å². The Labute approximate surface area is 157 Å². The van der Waals surface area contributed by atoms with Gasteiger partial charge in [0.1, 0.15) is 11.6 Å². The van der Waals surface area contributed by atoms with Crippen LogP contribution in [-0.2, 0) is 0 Å². The molecule has 5 rings (SSSR count). The van der Waals surface area contributed by atoms with E-state index in [1.807, 2.05) is 29.3 Å². The predicted octanol–water partition coefficient (Wildman–Crippen LogP) is 5.38. The fourth-order valence-corrected chi connectivity index (χ4v) is 3.84. The summed E-state index contributed by atoms with van der Waals surface area (Å²) in [6, 6.07) is 23.1. The summed E-state index contributed by atoms with van der Waals surface area (Å²) in [5.74, 6) is 0.520. The number of hydrogen-bond donors (Lipinski definition) is 0. The molecule has 0 aromatic heterocycles. The van der Waals surface area contributed by atoms with E-state index in [0.717, 1.165) is 29.0 Å². The normalized spacial score (nSPS) is 20.5. The minimum Gasteiger partial charge on any atom is -0.464 e. The molecule has 2 aliphatic heterocycles. The maximum Gasteiger partial charge on any atom is 0.216 e. The van der Waals surface area contributed by atoms with Crippen LogP contribution in [0.3, 0.4) is 0 Å². The molecule has 0 radical (unpaired) electrons. The molecule has 0 fully saturated rings. The van der Waals surface area contributed by atoms with Gasteiger partial charge in [0.05, 0.1) is 17.3 Å². The lowest BCUT2D eigenvalue weighted by Gasteiger charge is -2.38. The topological polar surface area (TPSA) is 24.8 Å². The first-order chi connectivity index (χ1) is 13.2. The Morgan fingerprint density at radius 2 is 1.63 bits per heavy atom. The first kappa shape index (κ1) is 16.1. The van der Waals surface area contributed by atoms with Gasteiger partial charge in [-0.05, 0) is 24.6 Å². The maximum atomic E-state index is 14.5. The van der Waals surface area contributed by atoms with Gasteiger partial charge in [0.15, 0.2) is 0 Å². The van der Waals surface area contributed by atoms with Crippen LogP contribution in [0, 0.1) is 12.7 Å². The van der Waals surface area contributed by atoms with E-state index in [1.54, 1.807) is 12.1 Å². The average Bonchev–Trinajstić information content (AvgIpc) is 3.14. The van der Waals surface area contributed by atoms with Crippen molar-refractivity contribution in [3.8, 4) is 5.75 Å². The molecule has 134 valence electrons. The number of hydrazone groups is 1. The molecule has 4 heteroatoms. The van der Waals surface area contributed by atoms with E-state index in [1.165, 1.54) is 11.6 Å². The van der Waals surface area contributed by atoms with Gasteiger partial charge in [0, 0.05) is 12.0 Å². The first-order valence-corrected chi connectivity index (χ1v) is 9.13. The lowest BCUT2D eigenvalue weighted by atomic mass is 9.95. The second-order valence-electron chi connectivity index (χ2n) is 7.04. The zero-order chi connectivity index (χ0) is 18.4. The van der Waals surface area contributed by atoms with E-state index < -0.39 is 6.23 Å². The van der Waals surface area contributed by atoms with Crippen LogP contribution in [0.5, 0.6) is 5.75 Å². The van der Waals surface area contributed by atoms with Crippen molar-refractivity contribution in [3.63, 3.8) is 0 Å². The molecule has 3 nitrogen and oxygen atoms in total. The Hall–Kier alpha value is -3.14. The summed E-state index contributed by atoms with van der Waals surface area (Å²) in [5.41, 5.74) is 4.91. The van der Waals surface area contributed by atoms with Gasteiger partial charge in [-0.3, -0.25) is 0 Å². The minimum atomic E-state index is -0.575. The molecule has 0 unspecified atom stereocenters. The fourth-order valence-electron chi connectivity index (χ4n) is 3.84. The number of aryl methyl sites for hydroxylation is 1. The highest BCUT2D eigenvalue weighted by Gasteiger charge is 2.41. The third-order valence-corrected chi connectivity index (χ3v) is 5.26. The molecule has 0 spiro atoms. The van der Waals surface area contributed by atoms with E-state index in [2.05, 4.69) is 37.3 Å². The summed E-state index contributed by atoms with van der Waals surface area (Å²) in [6.45, 7) is 2.07. The van der Waals surface area contributed by atoms with Crippen molar-refractivity contribution in [2.45, 2.75) is 25.6 Å². The summed E-state index contributed by atoms with van der Waals surface area (Å²) in [6.07, 6.45) is 0.197. The Kier molecular flexibility index (Phi) is 3.71. The Bertz CT molecular complexity index is 1030. The standard InChI is InChI=1S/C23H19FN2O/c1-15-10-12-16(13-11-15)20-14-21-18-7-3-5-9-22(18)27-23(26(21)25-20)17-6-2-4-8-19(17)24/h2-13,21,23H,14H2,1H3/t21-,23+/m0/s1. The second kappa shape index (κ2) is 6.23. The van der Waals surface area contributed by atoms with E-state index in [0.29, 0.717) is 5.56 Å². The molecule has 0 bridgehead atoms. The minimum absolute atomic E-state index is 0.0378. The van der Waals surface area contributed by atoms with Crippen LogP contribution >= 0.6 is 0 Å². The van der Waals surface area contributed by atoms with Gasteiger partial charge in [-0.25, -0.2) is 9.40 Å². The van der Waals surface area contributed by atoms with Crippen LogP contribution in [-0.4, -0.2) is 10.7 Å². The Morgan fingerprint density at radius 1 is 0.926 bits per heavy atom. The third-order valence-electron chi connectivity index (χ3n) is 5.26. The number of halogens is 1. The van der Waals surface area contributed by atoms with Crippen LogP contribution in [0.2, 0.25) is 0 Å². The number of rotatable bonds is 2. The Balaban J connectivity index is 1.61. The Morgan fingerprint density at radius 3 is 2.41 bits per heavy atom. The van der Waals surface area contributed by atoms with Crippen molar-refractivity contribution in [1.82, 2.24) is 5.01 Å². The number of ether oxygens (including phenoxy) is 1. The zero-order valence-corrected chi connectivity index (χ0v) is 15.0. The smallest absolute Gasteiger partial charge is 0.216 e. The van der Waals surface area contributed by atoms with Gasteiger partial charge in [-0.2, -0.15) is 5.10 Å². The molecular weight excluding hydrogens is 339 g/mol.